The van der Waals surface area contributed by atoms with Gasteiger partial charge >= 0.3 is 0 Å². The summed E-state index contributed by atoms with van der Waals surface area (Å²) in [4.78, 5) is 11.9. The maximum absolute atomic E-state index is 11.9. The molecule has 23 heavy (non-hydrogen) atoms. The molecule has 0 aromatic heterocycles. The maximum atomic E-state index is 11.9. The smallest absolute Gasteiger partial charge is 0.136 e. The average molecular weight is 311 g/mol. The Morgan fingerprint density at radius 1 is 1.17 bits per heavy atom. The number of aliphatic hydroxyl groups is 1. The topological polar surface area (TPSA) is 61.1 Å². The molecule has 0 unspecified atom stereocenters. The number of rotatable bonds is 0. The molecule has 4 rings (SSSR count). The second kappa shape index (κ2) is 4.57. The van der Waals surface area contributed by atoms with E-state index >= 15 is 0 Å². The van der Waals surface area contributed by atoms with E-state index in [-0.39, 0.29) is 16.7 Å². The highest BCUT2D eigenvalue weighted by Gasteiger charge is 2.64. The van der Waals surface area contributed by atoms with Gasteiger partial charge in [-0.1, -0.05) is 31.6 Å². The van der Waals surface area contributed by atoms with Crippen LogP contribution in [0.2, 0.25) is 0 Å². The van der Waals surface area contributed by atoms with Crippen LogP contribution in [0.4, 0.5) is 0 Å². The summed E-state index contributed by atoms with van der Waals surface area (Å²) in [6.45, 7) is 4.39. The fraction of sp³-hybridized carbons (Fsp3) is 0.700. The monoisotopic (exact) mass is 311 g/mol. The van der Waals surface area contributed by atoms with Crippen molar-refractivity contribution in [3.63, 3.8) is 0 Å². The van der Waals surface area contributed by atoms with Crippen LogP contribution < -0.4 is 0 Å². The van der Waals surface area contributed by atoms with Gasteiger partial charge in [0, 0.05) is 29.2 Å². The lowest BCUT2D eigenvalue weighted by atomic mass is 9.45. The van der Waals surface area contributed by atoms with Crippen molar-refractivity contribution in [1.29, 1.82) is 5.26 Å². The summed E-state index contributed by atoms with van der Waals surface area (Å²) in [7, 11) is 0. The summed E-state index contributed by atoms with van der Waals surface area (Å²) in [5.74, 6) is 0.860. The van der Waals surface area contributed by atoms with Gasteiger partial charge < -0.3 is 5.11 Å². The molecule has 4 aliphatic carbocycles. The molecule has 5 atom stereocenters. The van der Waals surface area contributed by atoms with E-state index in [1.165, 1.54) is 5.57 Å². The first-order valence-corrected chi connectivity index (χ1v) is 8.89. The fourth-order valence-corrected chi connectivity index (χ4v) is 6.16. The third-order valence-electron chi connectivity index (χ3n) is 7.83. The fourth-order valence-electron chi connectivity index (χ4n) is 6.16. The third-order valence-corrected chi connectivity index (χ3v) is 7.83. The normalized spacial score (nSPS) is 48.5. The Balaban J connectivity index is 1.76. The van der Waals surface area contributed by atoms with Gasteiger partial charge in [0.25, 0.3) is 0 Å². The number of fused-ring (bicyclic) bond motifs is 5. The molecule has 0 aromatic carbocycles. The van der Waals surface area contributed by atoms with Crippen LogP contribution in [0.1, 0.15) is 58.8 Å². The number of hydrogen-bond donors (Lipinski definition) is 1. The Bertz CT molecular complexity index is 684. The van der Waals surface area contributed by atoms with Crippen molar-refractivity contribution in [3.05, 3.63) is 23.3 Å². The van der Waals surface area contributed by atoms with Crippen molar-refractivity contribution in [2.24, 2.45) is 22.7 Å². The van der Waals surface area contributed by atoms with E-state index in [0.717, 1.165) is 37.7 Å². The van der Waals surface area contributed by atoms with Crippen LogP contribution in [0.3, 0.4) is 0 Å². The predicted molar refractivity (Wildman–Crippen MR) is 87.2 cm³/mol. The number of carbonyl (C=O) groups excluding carboxylic acids is 1. The van der Waals surface area contributed by atoms with Crippen LogP contribution in [-0.4, -0.2) is 16.5 Å². The molecular formula is C20H25NO2. The van der Waals surface area contributed by atoms with Gasteiger partial charge in [-0.15, -0.1) is 0 Å². The molecule has 2 fully saturated rings. The molecule has 0 heterocycles. The highest BCUT2D eigenvalue weighted by atomic mass is 16.3. The molecule has 0 aliphatic heterocycles. The summed E-state index contributed by atoms with van der Waals surface area (Å²) >= 11 is 0. The molecule has 0 amide bonds. The minimum Gasteiger partial charge on any atom is -0.389 e. The van der Waals surface area contributed by atoms with E-state index < -0.39 is 5.60 Å². The van der Waals surface area contributed by atoms with Gasteiger partial charge in [-0.3, -0.25) is 4.79 Å². The minimum atomic E-state index is -0.722. The highest BCUT2D eigenvalue weighted by Crippen LogP contribution is 2.66. The number of Topliss-reactive ketones (excluding diaryl/α,β-unsaturated/α-hetero) is 1. The average Bonchev–Trinajstić information content (AvgIpc) is 2.86. The number of carbonyl (C=O) groups is 1. The molecule has 0 saturated heterocycles. The summed E-state index contributed by atoms with van der Waals surface area (Å²) in [5.41, 5.74) is 1.03. The van der Waals surface area contributed by atoms with Gasteiger partial charge in [0.1, 0.15) is 5.78 Å². The number of ketones is 1. The summed E-state index contributed by atoms with van der Waals surface area (Å²) in [6, 6.07) is 2.40. The summed E-state index contributed by atoms with van der Waals surface area (Å²) in [5, 5.41) is 21.3. The first kappa shape index (κ1) is 15.1. The molecule has 0 bridgehead atoms. The molecule has 0 aromatic rings. The molecule has 0 spiro atoms. The highest BCUT2D eigenvalue weighted by molar-refractivity contribution is 5.83. The zero-order chi connectivity index (χ0) is 16.5. The molecular weight excluding hydrogens is 286 g/mol. The van der Waals surface area contributed by atoms with E-state index in [9.17, 15) is 15.2 Å². The van der Waals surface area contributed by atoms with Crippen molar-refractivity contribution >= 4 is 5.78 Å². The van der Waals surface area contributed by atoms with Gasteiger partial charge in [0.05, 0.1) is 11.7 Å². The van der Waals surface area contributed by atoms with Crippen LogP contribution in [0.15, 0.2) is 23.3 Å². The van der Waals surface area contributed by atoms with Crippen LogP contribution in [-0.2, 0) is 4.79 Å². The van der Waals surface area contributed by atoms with Crippen LogP contribution >= 0.6 is 0 Å². The first-order chi connectivity index (χ1) is 10.8. The molecule has 3 nitrogen and oxygen atoms in total. The minimum absolute atomic E-state index is 0.0716. The number of allylic oxidation sites excluding steroid dienone is 3. The summed E-state index contributed by atoms with van der Waals surface area (Å²) in [6.07, 6.45) is 9.60. The van der Waals surface area contributed by atoms with E-state index in [4.69, 9.17) is 0 Å². The SMILES string of the molecule is C[C@]12CCC(=O)CC1=CC[C@@H]1[C@H]3CC=C(C#N)[C@@]3(C)CC[C@@]12O. The van der Waals surface area contributed by atoms with Gasteiger partial charge in [-0.05, 0) is 43.9 Å². The first-order valence-electron chi connectivity index (χ1n) is 8.89. The van der Waals surface area contributed by atoms with Crippen molar-refractivity contribution in [1.82, 2.24) is 0 Å². The van der Waals surface area contributed by atoms with E-state index in [1.54, 1.807) is 0 Å². The number of hydrogen-bond acceptors (Lipinski definition) is 3. The van der Waals surface area contributed by atoms with Crippen molar-refractivity contribution in [3.8, 4) is 6.07 Å². The zero-order valence-corrected chi connectivity index (χ0v) is 14.1. The lowest BCUT2D eigenvalue weighted by molar-refractivity contribution is -0.177. The van der Waals surface area contributed by atoms with Gasteiger partial charge in [-0.2, -0.15) is 5.26 Å². The third kappa shape index (κ3) is 1.71. The molecule has 122 valence electrons. The standard InChI is InChI=1S/C20H25NO2/c1-18-9-10-20(23)17(16(18)5-4-14(18)12-21)6-3-13-11-15(22)7-8-19(13,20)2/h3-4,16-17,23H,5-11H2,1-2H3/t16-,17-,18-,19+,20-/m1/s1. The molecule has 3 heteroatoms. The van der Waals surface area contributed by atoms with E-state index in [0.29, 0.717) is 24.5 Å². The lowest BCUT2D eigenvalue weighted by Gasteiger charge is -2.61. The largest absolute Gasteiger partial charge is 0.389 e. The van der Waals surface area contributed by atoms with Crippen LogP contribution in [0, 0.1) is 34.0 Å². The predicted octanol–water partition coefficient (Wildman–Crippen LogP) is 3.69. The van der Waals surface area contributed by atoms with E-state index in [1.807, 2.05) is 0 Å². The van der Waals surface area contributed by atoms with Crippen molar-refractivity contribution in [2.75, 3.05) is 0 Å². The second-order valence-electron chi connectivity index (χ2n) is 8.53. The maximum Gasteiger partial charge on any atom is 0.136 e. The Hall–Kier alpha value is -1.40. The quantitative estimate of drug-likeness (QED) is 0.694. The lowest BCUT2D eigenvalue weighted by Crippen LogP contribution is -2.62. The van der Waals surface area contributed by atoms with Gasteiger partial charge in [-0.25, -0.2) is 0 Å². The number of nitriles is 1. The Morgan fingerprint density at radius 2 is 1.91 bits per heavy atom. The summed E-state index contributed by atoms with van der Waals surface area (Å²) < 4.78 is 0. The Morgan fingerprint density at radius 3 is 2.65 bits per heavy atom. The zero-order valence-electron chi connectivity index (χ0n) is 14.1. The van der Waals surface area contributed by atoms with Crippen molar-refractivity contribution in [2.45, 2.75) is 64.4 Å². The van der Waals surface area contributed by atoms with Crippen LogP contribution in [0.25, 0.3) is 0 Å². The van der Waals surface area contributed by atoms with Crippen LogP contribution in [0.5, 0.6) is 0 Å². The molecule has 4 aliphatic rings. The van der Waals surface area contributed by atoms with Gasteiger partial charge in [0.2, 0.25) is 0 Å². The molecule has 1 N–H and O–H groups in total. The van der Waals surface area contributed by atoms with E-state index in [2.05, 4.69) is 32.1 Å². The molecule has 0 radical (unpaired) electrons. The van der Waals surface area contributed by atoms with Gasteiger partial charge in [0.15, 0.2) is 0 Å². The second-order valence-corrected chi connectivity index (χ2v) is 8.53. The Kier molecular flexibility index (Phi) is 3.01. The van der Waals surface area contributed by atoms with Crippen molar-refractivity contribution < 1.29 is 9.90 Å². The molecule has 2 saturated carbocycles. The number of nitrogens with zero attached hydrogens (tertiary/aromatic N) is 1. The Labute approximate surface area is 138 Å².